The minimum absolute atomic E-state index is 0.834. The van der Waals surface area contributed by atoms with Gasteiger partial charge in [0, 0.05) is 17.8 Å². The lowest BCUT2D eigenvalue weighted by Crippen LogP contribution is -1.83. The van der Waals surface area contributed by atoms with Crippen molar-refractivity contribution in [3.05, 3.63) is 66.4 Å². The lowest BCUT2D eigenvalue weighted by Gasteiger charge is -2.00. The molecule has 0 amide bonds. The molecule has 3 nitrogen and oxygen atoms in total. The number of aromatic nitrogens is 1. The Hall–Kier alpha value is -2.68. The molecule has 3 aromatic rings. The van der Waals surface area contributed by atoms with E-state index in [0.29, 0.717) is 0 Å². The Morgan fingerprint density at radius 2 is 1.90 bits per heavy atom. The van der Waals surface area contributed by atoms with Crippen molar-refractivity contribution < 1.29 is 4.74 Å². The van der Waals surface area contributed by atoms with Crippen molar-refractivity contribution in [3.8, 4) is 5.75 Å². The zero-order valence-electron chi connectivity index (χ0n) is 11.2. The van der Waals surface area contributed by atoms with Crippen LogP contribution in [0.1, 0.15) is 5.56 Å². The molecule has 0 atom stereocenters. The maximum atomic E-state index is 5.12. The standard InChI is InChI=1S/C17H14N2O/c1-20-16-7-5-15(6-8-16)19-12-13-4-9-17-14(11-13)3-2-10-18-17/h2-12H,1H3. The summed E-state index contributed by atoms with van der Waals surface area (Å²) in [5.41, 5.74) is 2.95. The van der Waals surface area contributed by atoms with E-state index in [2.05, 4.69) is 16.0 Å². The number of pyridine rings is 1. The lowest BCUT2D eigenvalue weighted by atomic mass is 10.1. The van der Waals surface area contributed by atoms with Crippen molar-refractivity contribution in [1.29, 1.82) is 0 Å². The van der Waals surface area contributed by atoms with Crippen molar-refractivity contribution in [1.82, 2.24) is 4.98 Å². The van der Waals surface area contributed by atoms with Gasteiger partial charge in [0.2, 0.25) is 0 Å². The molecule has 3 heteroatoms. The Labute approximate surface area is 117 Å². The van der Waals surface area contributed by atoms with E-state index in [9.17, 15) is 0 Å². The molecule has 98 valence electrons. The number of ether oxygens (including phenoxy) is 1. The van der Waals surface area contributed by atoms with Crippen LogP contribution >= 0.6 is 0 Å². The van der Waals surface area contributed by atoms with E-state index >= 15 is 0 Å². The molecular formula is C17H14N2O. The molecule has 0 bridgehead atoms. The van der Waals surface area contributed by atoms with Crippen LogP contribution in [0.4, 0.5) is 5.69 Å². The summed E-state index contributed by atoms with van der Waals surface area (Å²) in [7, 11) is 1.65. The van der Waals surface area contributed by atoms with Crippen LogP contribution in [0, 0.1) is 0 Å². The maximum Gasteiger partial charge on any atom is 0.119 e. The number of benzene rings is 2. The Bertz CT molecular complexity index is 748. The second kappa shape index (κ2) is 5.53. The molecule has 0 radical (unpaired) electrons. The quantitative estimate of drug-likeness (QED) is 0.669. The first-order valence-corrected chi connectivity index (χ1v) is 6.38. The average molecular weight is 262 g/mol. The topological polar surface area (TPSA) is 34.5 Å². The largest absolute Gasteiger partial charge is 0.497 e. The molecule has 0 N–H and O–H groups in total. The van der Waals surface area contributed by atoms with E-state index in [1.54, 1.807) is 13.3 Å². The van der Waals surface area contributed by atoms with Crippen molar-refractivity contribution in [2.24, 2.45) is 4.99 Å². The molecule has 0 aliphatic rings. The molecule has 0 unspecified atom stereocenters. The highest BCUT2D eigenvalue weighted by atomic mass is 16.5. The Morgan fingerprint density at radius 3 is 2.70 bits per heavy atom. The van der Waals surface area contributed by atoms with E-state index in [1.165, 1.54) is 0 Å². The molecule has 1 aromatic heterocycles. The second-order valence-corrected chi connectivity index (χ2v) is 4.41. The number of rotatable bonds is 3. The molecule has 0 saturated carbocycles. The van der Waals surface area contributed by atoms with Gasteiger partial charge < -0.3 is 4.74 Å². The maximum absolute atomic E-state index is 5.12. The summed E-state index contributed by atoms with van der Waals surface area (Å²) < 4.78 is 5.12. The van der Waals surface area contributed by atoms with Crippen molar-refractivity contribution in [3.63, 3.8) is 0 Å². The number of methoxy groups -OCH3 is 1. The number of nitrogens with zero attached hydrogens (tertiary/aromatic N) is 2. The van der Waals surface area contributed by atoms with Crippen molar-refractivity contribution in [2.45, 2.75) is 0 Å². The van der Waals surface area contributed by atoms with Gasteiger partial charge in [0.05, 0.1) is 18.3 Å². The van der Waals surface area contributed by atoms with Gasteiger partial charge in [-0.05, 0) is 48.0 Å². The molecular weight excluding hydrogens is 248 g/mol. The first kappa shape index (κ1) is 12.4. The molecule has 20 heavy (non-hydrogen) atoms. The summed E-state index contributed by atoms with van der Waals surface area (Å²) in [6.45, 7) is 0. The van der Waals surface area contributed by atoms with E-state index in [0.717, 1.165) is 27.9 Å². The first-order valence-electron chi connectivity index (χ1n) is 6.38. The van der Waals surface area contributed by atoms with Crippen molar-refractivity contribution in [2.75, 3.05) is 7.11 Å². The van der Waals surface area contributed by atoms with Gasteiger partial charge in [-0.3, -0.25) is 9.98 Å². The highest BCUT2D eigenvalue weighted by Gasteiger charge is 1.95. The van der Waals surface area contributed by atoms with Gasteiger partial charge in [0.25, 0.3) is 0 Å². The normalized spacial score (nSPS) is 11.1. The van der Waals surface area contributed by atoms with E-state index in [4.69, 9.17) is 4.74 Å². The van der Waals surface area contributed by atoms with Crippen LogP contribution in [0.2, 0.25) is 0 Å². The Morgan fingerprint density at radius 1 is 1.05 bits per heavy atom. The third-order valence-corrected chi connectivity index (χ3v) is 3.06. The van der Waals surface area contributed by atoms with Crippen LogP contribution in [0.3, 0.4) is 0 Å². The van der Waals surface area contributed by atoms with Crippen LogP contribution in [0.15, 0.2) is 65.8 Å². The third kappa shape index (κ3) is 2.67. The second-order valence-electron chi connectivity index (χ2n) is 4.41. The molecule has 3 rings (SSSR count). The fraction of sp³-hybridized carbons (Fsp3) is 0.0588. The van der Waals surface area contributed by atoms with Crippen LogP contribution in [-0.4, -0.2) is 18.3 Å². The van der Waals surface area contributed by atoms with Gasteiger partial charge in [0.1, 0.15) is 5.75 Å². The van der Waals surface area contributed by atoms with Crippen molar-refractivity contribution >= 4 is 22.8 Å². The monoisotopic (exact) mass is 262 g/mol. The molecule has 0 spiro atoms. The summed E-state index contributed by atoms with van der Waals surface area (Å²) in [6.07, 6.45) is 3.65. The summed E-state index contributed by atoms with van der Waals surface area (Å²) in [6, 6.07) is 17.7. The fourth-order valence-electron chi connectivity index (χ4n) is 1.99. The van der Waals surface area contributed by atoms with Gasteiger partial charge >= 0.3 is 0 Å². The smallest absolute Gasteiger partial charge is 0.119 e. The summed E-state index contributed by atoms with van der Waals surface area (Å²) >= 11 is 0. The molecule has 0 saturated heterocycles. The Balaban J connectivity index is 1.85. The zero-order valence-corrected chi connectivity index (χ0v) is 11.2. The van der Waals surface area contributed by atoms with Crippen LogP contribution in [0.5, 0.6) is 5.75 Å². The van der Waals surface area contributed by atoms with Crippen LogP contribution in [-0.2, 0) is 0 Å². The average Bonchev–Trinajstić information content (AvgIpc) is 2.53. The zero-order chi connectivity index (χ0) is 13.8. The minimum atomic E-state index is 0.834. The molecule has 0 aliphatic carbocycles. The number of hydrogen-bond acceptors (Lipinski definition) is 3. The highest BCUT2D eigenvalue weighted by molar-refractivity contribution is 5.89. The summed E-state index contributed by atoms with van der Waals surface area (Å²) in [5, 5.41) is 1.12. The first-order chi connectivity index (χ1) is 9.85. The third-order valence-electron chi connectivity index (χ3n) is 3.06. The van der Waals surface area contributed by atoms with Gasteiger partial charge in [-0.1, -0.05) is 12.1 Å². The van der Waals surface area contributed by atoms with Gasteiger partial charge in [-0.15, -0.1) is 0 Å². The Kier molecular flexibility index (Phi) is 3.42. The summed E-state index contributed by atoms with van der Waals surface area (Å²) in [5.74, 6) is 0.834. The van der Waals surface area contributed by atoms with E-state index in [1.807, 2.05) is 54.7 Å². The molecule has 0 fully saturated rings. The fourth-order valence-corrected chi connectivity index (χ4v) is 1.99. The summed E-state index contributed by atoms with van der Waals surface area (Å²) in [4.78, 5) is 8.76. The minimum Gasteiger partial charge on any atom is -0.497 e. The molecule has 1 heterocycles. The highest BCUT2D eigenvalue weighted by Crippen LogP contribution is 2.18. The van der Waals surface area contributed by atoms with Crippen LogP contribution in [0.25, 0.3) is 10.9 Å². The number of fused-ring (bicyclic) bond motifs is 1. The number of hydrogen-bond donors (Lipinski definition) is 0. The predicted octanol–water partition coefficient (Wildman–Crippen LogP) is 3.99. The van der Waals surface area contributed by atoms with E-state index in [-0.39, 0.29) is 0 Å². The molecule has 0 aliphatic heterocycles. The molecule has 2 aromatic carbocycles. The predicted molar refractivity (Wildman–Crippen MR) is 82.0 cm³/mol. The van der Waals surface area contributed by atoms with Crippen LogP contribution < -0.4 is 4.74 Å². The van der Waals surface area contributed by atoms with Gasteiger partial charge in [-0.2, -0.15) is 0 Å². The SMILES string of the molecule is COc1ccc(N=Cc2ccc3ncccc3c2)cc1. The van der Waals surface area contributed by atoms with E-state index < -0.39 is 0 Å². The lowest BCUT2D eigenvalue weighted by molar-refractivity contribution is 0.415. The van der Waals surface area contributed by atoms with Gasteiger partial charge in [0.15, 0.2) is 0 Å². The number of aliphatic imine (C=N–C) groups is 1. The van der Waals surface area contributed by atoms with Gasteiger partial charge in [-0.25, -0.2) is 0 Å².